The number of thioether (sulfide) groups is 1. The fraction of sp³-hybridized carbons (Fsp3) is 0.304. The third kappa shape index (κ3) is 3.70. The lowest BCUT2D eigenvalue weighted by molar-refractivity contribution is -0.763. The fourth-order valence-corrected chi connectivity index (χ4v) is 4.42. The van der Waals surface area contributed by atoms with Crippen LogP contribution < -0.4 is 29.4 Å². The largest absolute Gasteiger partial charge is 0.493 e. The van der Waals surface area contributed by atoms with E-state index in [2.05, 4.69) is 10.1 Å². The van der Waals surface area contributed by atoms with Crippen molar-refractivity contribution in [3.63, 3.8) is 0 Å². The maximum Gasteiger partial charge on any atom is 0.325 e. The molecular weight excluding hydrogens is 444 g/mol. The smallest absolute Gasteiger partial charge is 0.325 e. The highest BCUT2D eigenvalue weighted by atomic mass is 32.2. The number of benzene rings is 2. The highest BCUT2D eigenvalue weighted by Gasteiger charge is 2.46. The van der Waals surface area contributed by atoms with E-state index >= 15 is 0 Å². The molecule has 9 nitrogen and oxygen atoms in total. The van der Waals surface area contributed by atoms with Gasteiger partial charge < -0.3 is 14.2 Å². The van der Waals surface area contributed by atoms with Crippen LogP contribution in [0.2, 0.25) is 0 Å². The Morgan fingerprint density at radius 1 is 1.15 bits per heavy atom. The molecule has 172 valence electrons. The summed E-state index contributed by atoms with van der Waals surface area (Å²) in [6.45, 7) is 1.80. The minimum absolute atomic E-state index is 0.118. The van der Waals surface area contributed by atoms with Crippen molar-refractivity contribution in [2.45, 2.75) is 24.7 Å². The third-order valence-corrected chi connectivity index (χ3v) is 6.08. The molecule has 1 atom stereocenters. The fourth-order valence-electron chi connectivity index (χ4n) is 4.05. The van der Waals surface area contributed by atoms with Crippen LogP contribution in [0.25, 0.3) is 11.3 Å². The molecule has 0 saturated carbocycles. The van der Waals surface area contributed by atoms with E-state index in [-0.39, 0.29) is 17.9 Å². The Morgan fingerprint density at radius 3 is 2.39 bits per heavy atom. The van der Waals surface area contributed by atoms with Gasteiger partial charge in [-0.15, -0.1) is 0 Å². The second-order valence-electron chi connectivity index (χ2n) is 7.22. The predicted octanol–water partition coefficient (Wildman–Crippen LogP) is 2.78. The summed E-state index contributed by atoms with van der Waals surface area (Å²) < 4.78 is 18.2. The quantitative estimate of drug-likeness (QED) is 0.438. The van der Waals surface area contributed by atoms with Crippen molar-refractivity contribution in [3.8, 4) is 28.5 Å². The lowest BCUT2D eigenvalue weighted by Crippen LogP contribution is -2.60. The maximum atomic E-state index is 13.3. The molecule has 1 aliphatic rings. The topological polar surface area (TPSA) is 97.6 Å². The molecule has 4 rings (SSSR count). The molecular formula is C23H25N4O5S+. The molecule has 33 heavy (non-hydrogen) atoms. The zero-order valence-corrected chi connectivity index (χ0v) is 19.9. The SMILES string of the molecule is CCC(=O)N1c2ccccc2-c2c(=O)[nH]c(SC)n[n+]2[C@H]1c1cc(OC)c(OC)c(OC)c1. The molecule has 3 aromatic rings. The van der Waals surface area contributed by atoms with Crippen LogP contribution in [0.5, 0.6) is 17.2 Å². The van der Waals surface area contributed by atoms with Crippen LogP contribution in [0, 0.1) is 0 Å². The average Bonchev–Trinajstić information content (AvgIpc) is 2.85. The Bertz CT molecular complexity index is 1250. The molecule has 0 aliphatic carbocycles. The van der Waals surface area contributed by atoms with Gasteiger partial charge in [0.15, 0.2) is 11.5 Å². The number of H-pyrrole nitrogens is 1. The summed E-state index contributed by atoms with van der Waals surface area (Å²) in [5.74, 6) is 1.19. The van der Waals surface area contributed by atoms with E-state index in [1.165, 1.54) is 33.1 Å². The molecule has 1 aromatic heterocycles. The van der Waals surface area contributed by atoms with Gasteiger partial charge in [0.05, 0.1) is 38.1 Å². The number of amides is 1. The van der Waals surface area contributed by atoms with Gasteiger partial charge in [-0.1, -0.05) is 30.8 Å². The van der Waals surface area contributed by atoms with Crippen molar-refractivity contribution in [2.75, 3.05) is 32.5 Å². The molecule has 0 saturated heterocycles. The van der Waals surface area contributed by atoms with Gasteiger partial charge >= 0.3 is 11.3 Å². The van der Waals surface area contributed by atoms with Crippen LogP contribution >= 0.6 is 11.8 Å². The van der Waals surface area contributed by atoms with Crippen LogP contribution in [0.3, 0.4) is 0 Å². The van der Waals surface area contributed by atoms with Crippen LogP contribution in [-0.4, -0.2) is 43.6 Å². The van der Waals surface area contributed by atoms with Gasteiger partial charge in [0, 0.05) is 11.5 Å². The van der Waals surface area contributed by atoms with Crippen LogP contribution in [0.15, 0.2) is 46.3 Å². The monoisotopic (exact) mass is 469 g/mol. The first-order chi connectivity index (χ1) is 16.0. The number of hydrogen-bond acceptors (Lipinski definition) is 7. The Kier molecular flexibility index (Phi) is 6.28. The number of nitrogens with zero attached hydrogens (tertiary/aromatic N) is 3. The van der Waals surface area contributed by atoms with Gasteiger partial charge in [0.2, 0.25) is 16.8 Å². The Balaban J connectivity index is 2.10. The normalized spacial score (nSPS) is 14.3. The molecule has 1 N–H and O–H groups in total. The first-order valence-corrected chi connectivity index (χ1v) is 11.5. The van der Waals surface area contributed by atoms with Crippen molar-refractivity contribution < 1.29 is 23.7 Å². The summed E-state index contributed by atoms with van der Waals surface area (Å²) in [4.78, 5) is 31.0. The number of hydrogen-bond donors (Lipinski definition) is 1. The molecule has 2 aromatic carbocycles. The van der Waals surface area contributed by atoms with Gasteiger partial charge in [-0.3, -0.25) is 14.6 Å². The van der Waals surface area contributed by atoms with Crippen LogP contribution in [0.1, 0.15) is 25.1 Å². The summed E-state index contributed by atoms with van der Waals surface area (Å²) in [6.07, 6.45) is 1.35. The predicted molar refractivity (Wildman–Crippen MR) is 124 cm³/mol. The van der Waals surface area contributed by atoms with Gasteiger partial charge in [-0.25, -0.2) is 4.90 Å². The van der Waals surface area contributed by atoms with E-state index in [4.69, 9.17) is 14.2 Å². The van der Waals surface area contributed by atoms with Gasteiger partial charge in [0.1, 0.15) is 0 Å². The molecule has 0 bridgehead atoms. The number of nitrogens with one attached hydrogen (secondary N) is 1. The first-order valence-electron chi connectivity index (χ1n) is 10.3. The number of aromatic amines is 1. The molecule has 0 radical (unpaired) electrons. The minimum Gasteiger partial charge on any atom is -0.493 e. The van der Waals surface area contributed by atoms with Crippen LogP contribution in [0.4, 0.5) is 5.69 Å². The van der Waals surface area contributed by atoms with Gasteiger partial charge in [0.25, 0.3) is 6.17 Å². The first kappa shape index (κ1) is 22.7. The lowest BCUT2D eigenvalue weighted by atomic mass is 10.0. The zero-order chi connectivity index (χ0) is 23.7. The summed E-state index contributed by atoms with van der Waals surface area (Å²) >= 11 is 1.31. The highest BCUT2D eigenvalue weighted by Crippen LogP contribution is 2.43. The van der Waals surface area contributed by atoms with E-state index in [1.807, 2.05) is 30.5 Å². The number of ether oxygens (including phenoxy) is 3. The zero-order valence-electron chi connectivity index (χ0n) is 19.0. The summed E-state index contributed by atoms with van der Waals surface area (Å²) in [7, 11) is 4.59. The molecule has 0 spiro atoms. The third-order valence-electron chi connectivity index (χ3n) is 5.51. The number of anilines is 1. The Morgan fingerprint density at radius 2 is 1.82 bits per heavy atom. The molecule has 0 fully saturated rings. The number of carbonyl (C=O) groups excluding carboxylic acids is 1. The molecule has 0 unspecified atom stereocenters. The lowest BCUT2D eigenvalue weighted by Gasteiger charge is -2.32. The maximum absolute atomic E-state index is 13.3. The van der Waals surface area contributed by atoms with E-state index in [0.717, 1.165) is 0 Å². The molecule has 10 heteroatoms. The second kappa shape index (κ2) is 9.14. The van der Waals surface area contributed by atoms with Crippen molar-refractivity contribution in [3.05, 3.63) is 52.3 Å². The number of methoxy groups -OCH3 is 3. The van der Waals surface area contributed by atoms with Crippen molar-refractivity contribution in [1.82, 2.24) is 10.1 Å². The van der Waals surface area contributed by atoms with E-state index in [1.54, 1.807) is 28.6 Å². The molecule has 1 aliphatic heterocycles. The number of rotatable bonds is 6. The second-order valence-corrected chi connectivity index (χ2v) is 8.02. The van der Waals surface area contributed by atoms with E-state index < -0.39 is 6.17 Å². The van der Waals surface area contributed by atoms with Crippen LogP contribution in [-0.2, 0) is 4.79 Å². The number of fused-ring (bicyclic) bond motifs is 3. The Hall–Kier alpha value is -3.53. The number of para-hydroxylation sites is 1. The standard InChI is InChI=1S/C23H24N4O5S/c1-6-18(28)26-15-10-8-7-9-14(15)19-21(29)24-23(33-5)25-27(19)22(26)13-11-16(30-2)20(32-4)17(12-13)31-3/h7-12,22H,6H2,1-5H3/p+1/t22-/m0/s1. The van der Waals surface area contributed by atoms with E-state index in [9.17, 15) is 9.59 Å². The molecule has 1 amide bonds. The van der Waals surface area contributed by atoms with E-state index in [0.29, 0.717) is 44.9 Å². The number of carbonyl (C=O) groups is 1. The summed E-state index contributed by atoms with van der Waals surface area (Å²) in [5, 5.41) is 5.12. The van der Waals surface area contributed by atoms with Gasteiger partial charge in [-0.2, -0.15) is 0 Å². The molecule has 2 heterocycles. The minimum atomic E-state index is -0.746. The summed E-state index contributed by atoms with van der Waals surface area (Å²) in [6, 6.07) is 10.9. The van der Waals surface area contributed by atoms with Crippen molar-refractivity contribution in [2.24, 2.45) is 0 Å². The average molecular weight is 470 g/mol. The van der Waals surface area contributed by atoms with Crippen molar-refractivity contribution in [1.29, 1.82) is 0 Å². The van der Waals surface area contributed by atoms with Crippen molar-refractivity contribution >= 4 is 23.4 Å². The highest BCUT2D eigenvalue weighted by molar-refractivity contribution is 7.98. The number of aromatic nitrogens is 3. The summed E-state index contributed by atoms with van der Waals surface area (Å²) in [5.41, 5.74) is 1.99. The van der Waals surface area contributed by atoms with Gasteiger partial charge in [-0.05, 0) is 35.2 Å². The Labute approximate surface area is 195 Å².